The molecule has 4 aliphatic rings. The van der Waals surface area contributed by atoms with Crippen molar-refractivity contribution >= 4 is 0 Å². The van der Waals surface area contributed by atoms with E-state index in [1.165, 1.54) is 44.9 Å². The van der Waals surface area contributed by atoms with Crippen LogP contribution in [0.1, 0.15) is 51.9 Å². The first kappa shape index (κ1) is 11.5. The molecule has 1 heterocycles. The van der Waals surface area contributed by atoms with Gasteiger partial charge >= 0.3 is 0 Å². The van der Waals surface area contributed by atoms with Gasteiger partial charge in [-0.1, -0.05) is 25.0 Å². The number of ether oxygens (including phenoxy) is 1. The van der Waals surface area contributed by atoms with Crippen LogP contribution < -0.4 is 0 Å². The van der Waals surface area contributed by atoms with E-state index < -0.39 is 0 Å². The number of allylic oxidation sites excluding steroid dienone is 2. The van der Waals surface area contributed by atoms with Gasteiger partial charge in [0.15, 0.2) is 0 Å². The second kappa shape index (κ2) is 4.37. The van der Waals surface area contributed by atoms with Gasteiger partial charge in [-0.15, -0.1) is 0 Å². The first-order valence-corrected chi connectivity index (χ1v) is 8.13. The maximum absolute atomic E-state index is 6.22. The number of rotatable bonds is 0. The zero-order chi connectivity index (χ0) is 12.1. The summed E-state index contributed by atoms with van der Waals surface area (Å²) in [7, 11) is 0. The second-order valence-electron chi connectivity index (χ2n) is 7.30. The highest BCUT2D eigenvalue weighted by atomic mass is 16.5. The molecule has 0 radical (unpaired) electrons. The quantitative estimate of drug-likeness (QED) is 0.582. The van der Waals surface area contributed by atoms with Gasteiger partial charge < -0.3 is 4.74 Å². The molecular weight excluding hydrogens is 220 g/mol. The molecule has 0 spiro atoms. The third-order valence-electron chi connectivity index (χ3n) is 6.31. The lowest BCUT2D eigenvalue weighted by molar-refractivity contribution is -0.0952. The Balaban J connectivity index is 1.60. The lowest BCUT2D eigenvalue weighted by atomic mass is 9.61. The summed E-state index contributed by atoms with van der Waals surface area (Å²) in [4.78, 5) is 0. The highest BCUT2D eigenvalue weighted by Gasteiger charge is 2.47. The summed E-state index contributed by atoms with van der Waals surface area (Å²) in [5.41, 5.74) is 1.80. The number of hydrogen-bond acceptors (Lipinski definition) is 1. The van der Waals surface area contributed by atoms with Gasteiger partial charge in [0.05, 0.1) is 12.7 Å². The maximum Gasteiger partial charge on any atom is 0.0606 e. The average molecular weight is 246 g/mol. The van der Waals surface area contributed by atoms with Crippen molar-refractivity contribution in [3.05, 3.63) is 11.6 Å². The van der Waals surface area contributed by atoms with Crippen molar-refractivity contribution in [2.45, 2.75) is 58.0 Å². The van der Waals surface area contributed by atoms with Crippen LogP contribution in [-0.2, 0) is 4.74 Å². The summed E-state index contributed by atoms with van der Waals surface area (Å²) < 4.78 is 6.22. The molecule has 2 saturated carbocycles. The Hall–Kier alpha value is -0.300. The molecule has 0 bridgehead atoms. The lowest BCUT2D eigenvalue weighted by Crippen LogP contribution is -2.45. The van der Waals surface area contributed by atoms with Crippen LogP contribution in [0.25, 0.3) is 0 Å². The van der Waals surface area contributed by atoms with E-state index in [0.29, 0.717) is 6.10 Å². The van der Waals surface area contributed by atoms with Crippen molar-refractivity contribution in [3.63, 3.8) is 0 Å². The summed E-state index contributed by atoms with van der Waals surface area (Å²) in [6.45, 7) is 3.50. The normalized spacial score (nSPS) is 51.1. The molecule has 0 aromatic carbocycles. The summed E-state index contributed by atoms with van der Waals surface area (Å²) in [6, 6.07) is 0. The van der Waals surface area contributed by atoms with Crippen LogP contribution >= 0.6 is 0 Å². The van der Waals surface area contributed by atoms with Crippen LogP contribution in [0.3, 0.4) is 0 Å². The van der Waals surface area contributed by atoms with E-state index in [2.05, 4.69) is 13.0 Å². The molecule has 6 unspecified atom stereocenters. The Morgan fingerprint density at radius 3 is 2.94 bits per heavy atom. The molecule has 4 rings (SSSR count). The smallest absolute Gasteiger partial charge is 0.0606 e. The SMILES string of the molecule is CC1CCC2C(=CCC3C4CCCC4OCC23)C1. The van der Waals surface area contributed by atoms with Crippen LogP contribution in [-0.4, -0.2) is 12.7 Å². The Bertz CT molecular complexity index is 359. The van der Waals surface area contributed by atoms with Gasteiger partial charge in [-0.05, 0) is 68.1 Å². The van der Waals surface area contributed by atoms with Crippen molar-refractivity contribution in [2.24, 2.45) is 29.6 Å². The Kier molecular flexibility index (Phi) is 2.80. The topological polar surface area (TPSA) is 9.23 Å². The Labute approximate surface area is 111 Å². The van der Waals surface area contributed by atoms with Gasteiger partial charge in [-0.25, -0.2) is 0 Å². The zero-order valence-corrected chi connectivity index (χ0v) is 11.6. The van der Waals surface area contributed by atoms with Gasteiger partial charge in [0, 0.05) is 0 Å². The molecule has 1 saturated heterocycles. The van der Waals surface area contributed by atoms with Gasteiger partial charge in [-0.3, -0.25) is 0 Å². The van der Waals surface area contributed by atoms with Crippen LogP contribution in [0.15, 0.2) is 11.6 Å². The zero-order valence-electron chi connectivity index (χ0n) is 11.6. The monoisotopic (exact) mass is 246 g/mol. The van der Waals surface area contributed by atoms with Crippen LogP contribution in [0.5, 0.6) is 0 Å². The van der Waals surface area contributed by atoms with Crippen LogP contribution in [0.2, 0.25) is 0 Å². The van der Waals surface area contributed by atoms with E-state index in [1.54, 1.807) is 5.57 Å². The largest absolute Gasteiger partial charge is 0.378 e. The van der Waals surface area contributed by atoms with Crippen molar-refractivity contribution in [1.82, 2.24) is 0 Å². The molecule has 100 valence electrons. The number of fused-ring (bicyclic) bond motifs is 5. The highest BCUT2D eigenvalue weighted by Crippen LogP contribution is 2.52. The molecule has 3 fully saturated rings. The summed E-state index contributed by atoms with van der Waals surface area (Å²) in [6.07, 6.45) is 13.1. The molecular formula is C17H26O. The van der Waals surface area contributed by atoms with Crippen LogP contribution in [0.4, 0.5) is 0 Å². The molecule has 0 N–H and O–H groups in total. The van der Waals surface area contributed by atoms with Crippen LogP contribution in [0, 0.1) is 29.6 Å². The van der Waals surface area contributed by atoms with Crippen molar-refractivity contribution in [2.75, 3.05) is 6.61 Å². The third-order valence-corrected chi connectivity index (χ3v) is 6.31. The fourth-order valence-electron chi connectivity index (χ4n) is 5.41. The van der Waals surface area contributed by atoms with E-state index in [0.717, 1.165) is 36.2 Å². The Morgan fingerprint density at radius 1 is 1.06 bits per heavy atom. The van der Waals surface area contributed by atoms with Gasteiger partial charge in [0.25, 0.3) is 0 Å². The van der Waals surface area contributed by atoms with E-state index >= 15 is 0 Å². The molecule has 18 heavy (non-hydrogen) atoms. The molecule has 0 aromatic heterocycles. The first-order chi connectivity index (χ1) is 8.83. The minimum absolute atomic E-state index is 0.628. The fourth-order valence-corrected chi connectivity index (χ4v) is 5.41. The van der Waals surface area contributed by atoms with E-state index in [9.17, 15) is 0 Å². The van der Waals surface area contributed by atoms with E-state index in [-0.39, 0.29) is 0 Å². The molecule has 6 atom stereocenters. The number of hydrogen-bond donors (Lipinski definition) is 0. The second-order valence-corrected chi connectivity index (χ2v) is 7.30. The molecule has 3 aliphatic carbocycles. The van der Waals surface area contributed by atoms with Crippen molar-refractivity contribution in [3.8, 4) is 0 Å². The van der Waals surface area contributed by atoms with Gasteiger partial charge in [-0.2, -0.15) is 0 Å². The Morgan fingerprint density at radius 2 is 2.00 bits per heavy atom. The summed E-state index contributed by atoms with van der Waals surface area (Å²) in [5.74, 6) is 4.56. The third kappa shape index (κ3) is 1.70. The summed E-state index contributed by atoms with van der Waals surface area (Å²) in [5, 5.41) is 0. The predicted molar refractivity (Wildman–Crippen MR) is 73.3 cm³/mol. The summed E-state index contributed by atoms with van der Waals surface area (Å²) >= 11 is 0. The van der Waals surface area contributed by atoms with Crippen molar-refractivity contribution in [1.29, 1.82) is 0 Å². The van der Waals surface area contributed by atoms with Crippen molar-refractivity contribution < 1.29 is 4.74 Å². The maximum atomic E-state index is 6.22. The fraction of sp³-hybridized carbons (Fsp3) is 0.882. The minimum Gasteiger partial charge on any atom is -0.378 e. The first-order valence-electron chi connectivity index (χ1n) is 8.13. The minimum atomic E-state index is 0.628. The van der Waals surface area contributed by atoms with E-state index in [4.69, 9.17) is 4.74 Å². The molecule has 1 heteroatoms. The highest BCUT2D eigenvalue weighted by molar-refractivity contribution is 5.18. The molecule has 1 nitrogen and oxygen atoms in total. The standard InChI is InChI=1S/C17H26O/c1-11-5-7-13-12(9-11)6-8-14-15-3-2-4-17(15)18-10-16(13)14/h6,11,13-17H,2-5,7-10H2,1H3. The van der Waals surface area contributed by atoms with Gasteiger partial charge in [0.2, 0.25) is 0 Å². The van der Waals surface area contributed by atoms with Gasteiger partial charge in [0.1, 0.15) is 0 Å². The van der Waals surface area contributed by atoms with E-state index in [1.807, 2.05) is 0 Å². The lowest BCUT2D eigenvalue weighted by Gasteiger charge is -2.48. The predicted octanol–water partition coefficient (Wildman–Crippen LogP) is 4.18. The average Bonchev–Trinajstić information content (AvgIpc) is 2.86. The molecule has 0 aromatic rings. The molecule has 0 amide bonds. The molecule has 1 aliphatic heterocycles.